The molecule has 0 aliphatic carbocycles. The largest absolute Gasteiger partial charge is 0.478 e. The van der Waals surface area contributed by atoms with E-state index >= 15 is 0 Å². The number of non-ortho nitro benzene ring substituents is 1. The summed E-state index contributed by atoms with van der Waals surface area (Å²) in [5.41, 5.74) is -0.107. The number of nitrogens with zero attached hydrogens (tertiary/aromatic N) is 2. The van der Waals surface area contributed by atoms with Gasteiger partial charge in [0.15, 0.2) is 0 Å². The fourth-order valence-electron chi connectivity index (χ4n) is 2.30. The van der Waals surface area contributed by atoms with Crippen LogP contribution in [0, 0.1) is 10.1 Å². The molecule has 0 spiro atoms. The molecule has 0 atom stereocenters. The van der Waals surface area contributed by atoms with Gasteiger partial charge in [-0.15, -0.1) is 0 Å². The minimum Gasteiger partial charge on any atom is -0.478 e. The Morgan fingerprint density at radius 1 is 1.50 bits per heavy atom. The molecule has 0 radical (unpaired) electrons. The molecule has 1 heterocycles. The molecule has 7 heteroatoms. The first-order valence-corrected chi connectivity index (χ1v) is 6.21. The number of carboxylic acids is 1. The number of carbonyl (C=O) groups is 1. The van der Waals surface area contributed by atoms with Gasteiger partial charge in [-0.3, -0.25) is 10.1 Å². The number of hydrogen-bond acceptors (Lipinski definition) is 5. The fraction of sp³-hybridized carbons (Fsp3) is 0.462. The number of morpholine rings is 1. The number of hydrogen-bond donors (Lipinski definition) is 1. The Hall–Kier alpha value is -2.15. The summed E-state index contributed by atoms with van der Waals surface area (Å²) in [5.74, 6) is -1.10. The highest BCUT2D eigenvalue weighted by molar-refractivity contribution is 5.95. The lowest BCUT2D eigenvalue weighted by Crippen LogP contribution is -2.48. The molecule has 0 unspecified atom stereocenters. The number of benzene rings is 1. The Labute approximate surface area is 115 Å². The van der Waals surface area contributed by atoms with Gasteiger partial charge in [0.2, 0.25) is 0 Å². The third-order valence-electron chi connectivity index (χ3n) is 3.19. The molecular weight excluding hydrogens is 264 g/mol. The molecule has 2 rings (SSSR count). The van der Waals surface area contributed by atoms with Crippen LogP contribution in [-0.4, -0.2) is 41.3 Å². The van der Waals surface area contributed by atoms with Crippen molar-refractivity contribution in [2.24, 2.45) is 0 Å². The molecular formula is C13H16N2O5. The molecule has 1 aliphatic heterocycles. The topological polar surface area (TPSA) is 92.9 Å². The van der Waals surface area contributed by atoms with Gasteiger partial charge >= 0.3 is 5.97 Å². The average molecular weight is 280 g/mol. The second-order valence-corrected chi connectivity index (χ2v) is 5.29. The van der Waals surface area contributed by atoms with Gasteiger partial charge in [-0.05, 0) is 19.9 Å². The van der Waals surface area contributed by atoms with Crippen molar-refractivity contribution in [3.8, 4) is 0 Å². The molecule has 20 heavy (non-hydrogen) atoms. The average Bonchev–Trinajstić information content (AvgIpc) is 2.36. The molecule has 1 N–H and O–H groups in total. The number of aromatic carboxylic acids is 1. The van der Waals surface area contributed by atoms with Crippen molar-refractivity contribution in [1.82, 2.24) is 0 Å². The first kappa shape index (κ1) is 14.3. The monoisotopic (exact) mass is 280 g/mol. The van der Waals surface area contributed by atoms with Gasteiger partial charge in [-0.1, -0.05) is 0 Å². The van der Waals surface area contributed by atoms with E-state index in [-0.39, 0.29) is 11.3 Å². The van der Waals surface area contributed by atoms with E-state index in [1.165, 1.54) is 18.2 Å². The van der Waals surface area contributed by atoms with Crippen molar-refractivity contribution in [2.45, 2.75) is 19.4 Å². The lowest BCUT2D eigenvalue weighted by Gasteiger charge is -2.39. The summed E-state index contributed by atoms with van der Waals surface area (Å²) in [7, 11) is 0. The SMILES string of the molecule is CC1(C)CN(c2cc([N+](=O)[O-])ccc2C(=O)O)CCO1. The first-order valence-electron chi connectivity index (χ1n) is 6.21. The number of nitro groups is 1. The molecule has 1 aromatic carbocycles. The zero-order valence-corrected chi connectivity index (χ0v) is 11.3. The molecule has 0 bridgehead atoms. The summed E-state index contributed by atoms with van der Waals surface area (Å²) in [6, 6.07) is 3.79. The lowest BCUT2D eigenvalue weighted by molar-refractivity contribution is -0.384. The lowest BCUT2D eigenvalue weighted by atomic mass is 10.0. The quantitative estimate of drug-likeness (QED) is 0.671. The van der Waals surface area contributed by atoms with E-state index in [2.05, 4.69) is 0 Å². The molecule has 108 valence electrons. The van der Waals surface area contributed by atoms with Gasteiger partial charge in [0, 0.05) is 25.2 Å². The summed E-state index contributed by atoms with van der Waals surface area (Å²) in [4.78, 5) is 23.4. The van der Waals surface area contributed by atoms with Crippen LogP contribution in [0.15, 0.2) is 18.2 Å². The Morgan fingerprint density at radius 3 is 2.75 bits per heavy atom. The highest BCUT2D eigenvalue weighted by Crippen LogP contribution is 2.29. The van der Waals surface area contributed by atoms with Crippen LogP contribution in [0.1, 0.15) is 24.2 Å². The summed E-state index contributed by atoms with van der Waals surface area (Å²) >= 11 is 0. The van der Waals surface area contributed by atoms with Crippen LogP contribution in [0.3, 0.4) is 0 Å². The maximum atomic E-state index is 11.3. The van der Waals surface area contributed by atoms with Crippen LogP contribution in [0.2, 0.25) is 0 Å². The third kappa shape index (κ3) is 2.88. The van der Waals surface area contributed by atoms with Crippen LogP contribution >= 0.6 is 0 Å². The van der Waals surface area contributed by atoms with Crippen molar-refractivity contribution in [1.29, 1.82) is 0 Å². The first-order chi connectivity index (χ1) is 9.30. The van der Waals surface area contributed by atoms with Crippen molar-refractivity contribution in [2.75, 3.05) is 24.6 Å². The summed E-state index contributed by atoms with van der Waals surface area (Å²) in [6.45, 7) is 5.24. The van der Waals surface area contributed by atoms with Crippen molar-refractivity contribution >= 4 is 17.3 Å². The number of rotatable bonds is 3. The number of anilines is 1. The predicted molar refractivity (Wildman–Crippen MR) is 72.3 cm³/mol. The van der Waals surface area contributed by atoms with E-state index < -0.39 is 16.5 Å². The van der Waals surface area contributed by atoms with Crippen LogP contribution in [0.5, 0.6) is 0 Å². The van der Waals surface area contributed by atoms with Gasteiger partial charge in [0.05, 0.1) is 28.4 Å². The normalized spacial score (nSPS) is 17.8. The van der Waals surface area contributed by atoms with E-state index in [0.29, 0.717) is 25.4 Å². The van der Waals surface area contributed by atoms with E-state index in [9.17, 15) is 20.0 Å². The second-order valence-electron chi connectivity index (χ2n) is 5.29. The zero-order valence-electron chi connectivity index (χ0n) is 11.3. The molecule has 7 nitrogen and oxygen atoms in total. The molecule has 0 amide bonds. The van der Waals surface area contributed by atoms with Gasteiger partial charge in [0.1, 0.15) is 0 Å². The summed E-state index contributed by atoms with van der Waals surface area (Å²) in [5, 5.41) is 20.1. The Morgan fingerprint density at radius 2 is 2.20 bits per heavy atom. The second kappa shape index (κ2) is 5.09. The standard InChI is InChI=1S/C13H16N2O5/c1-13(2)8-14(5-6-20-13)11-7-9(15(18)19)3-4-10(11)12(16)17/h3-4,7H,5-6,8H2,1-2H3,(H,16,17). The van der Waals surface area contributed by atoms with Gasteiger partial charge in [-0.2, -0.15) is 0 Å². The highest BCUT2D eigenvalue weighted by atomic mass is 16.6. The molecule has 1 aliphatic rings. The Balaban J connectivity index is 2.44. The van der Waals surface area contributed by atoms with E-state index in [0.717, 1.165) is 0 Å². The van der Waals surface area contributed by atoms with Crippen LogP contribution in [-0.2, 0) is 4.74 Å². The van der Waals surface area contributed by atoms with Crippen molar-refractivity contribution < 1.29 is 19.6 Å². The predicted octanol–water partition coefficient (Wildman–Crippen LogP) is 1.91. The number of carboxylic acid groups (broad SMARTS) is 1. The summed E-state index contributed by atoms with van der Waals surface area (Å²) in [6.07, 6.45) is 0. The minimum atomic E-state index is -1.10. The van der Waals surface area contributed by atoms with Crippen molar-refractivity contribution in [3.63, 3.8) is 0 Å². The van der Waals surface area contributed by atoms with Gasteiger partial charge in [-0.25, -0.2) is 4.79 Å². The van der Waals surface area contributed by atoms with Crippen molar-refractivity contribution in [3.05, 3.63) is 33.9 Å². The van der Waals surface area contributed by atoms with Gasteiger partial charge in [0.25, 0.3) is 5.69 Å². The number of nitro benzene ring substituents is 1. The van der Waals surface area contributed by atoms with E-state index in [1.54, 1.807) is 0 Å². The molecule has 1 aromatic rings. The van der Waals surface area contributed by atoms with Gasteiger partial charge < -0.3 is 14.7 Å². The molecule has 0 aromatic heterocycles. The van der Waals surface area contributed by atoms with Crippen LogP contribution < -0.4 is 4.90 Å². The third-order valence-corrected chi connectivity index (χ3v) is 3.19. The fourth-order valence-corrected chi connectivity index (χ4v) is 2.30. The smallest absolute Gasteiger partial charge is 0.337 e. The van der Waals surface area contributed by atoms with Crippen LogP contribution in [0.25, 0.3) is 0 Å². The van der Waals surface area contributed by atoms with Crippen LogP contribution in [0.4, 0.5) is 11.4 Å². The van der Waals surface area contributed by atoms with E-state index in [1.807, 2.05) is 18.7 Å². The number of ether oxygens (including phenoxy) is 1. The Bertz CT molecular complexity index is 556. The zero-order chi connectivity index (χ0) is 14.9. The maximum Gasteiger partial charge on any atom is 0.337 e. The molecule has 1 fully saturated rings. The maximum absolute atomic E-state index is 11.3. The molecule has 0 saturated carbocycles. The summed E-state index contributed by atoms with van der Waals surface area (Å²) < 4.78 is 5.57. The minimum absolute atomic E-state index is 0.0632. The highest BCUT2D eigenvalue weighted by Gasteiger charge is 2.30. The molecule has 1 saturated heterocycles. The van der Waals surface area contributed by atoms with E-state index in [4.69, 9.17) is 4.74 Å². The Kier molecular flexibility index (Phi) is 3.63.